The van der Waals surface area contributed by atoms with Crippen LogP contribution in [0.5, 0.6) is 11.5 Å². The van der Waals surface area contributed by atoms with Gasteiger partial charge in [-0.05, 0) is 68.6 Å². The Morgan fingerprint density at radius 3 is 2.67 bits per heavy atom. The minimum Gasteiger partial charge on any atom is -0.493 e. The summed E-state index contributed by atoms with van der Waals surface area (Å²) in [5, 5.41) is 10.2. The van der Waals surface area contributed by atoms with Crippen molar-refractivity contribution in [1.29, 1.82) is 5.26 Å². The van der Waals surface area contributed by atoms with Crippen LogP contribution in [0.4, 0.5) is 0 Å². The van der Waals surface area contributed by atoms with Gasteiger partial charge in [-0.3, -0.25) is 4.79 Å². The molecule has 0 heterocycles. The van der Waals surface area contributed by atoms with Crippen molar-refractivity contribution in [2.75, 3.05) is 20.3 Å². The van der Waals surface area contributed by atoms with E-state index < -0.39 is 5.41 Å². The minimum absolute atomic E-state index is 0.102. The molecule has 2 fully saturated rings. The number of nitrogens with zero attached hydrogens (tertiary/aromatic N) is 1. The fourth-order valence-corrected chi connectivity index (χ4v) is 5.02. The maximum absolute atomic E-state index is 12.5. The number of hydrogen-bond acceptors (Lipinski definition) is 6. The molecular formula is C24H34N2O4. The molecule has 0 spiro atoms. The lowest BCUT2D eigenvalue weighted by atomic mass is 9.62. The normalized spacial score (nSPS) is 26.7. The first-order valence-electron chi connectivity index (χ1n) is 11.2. The van der Waals surface area contributed by atoms with Crippen LogP contribution in [0.15, 0.2) is 18.2 Å². The van der Waals surface area contributed by atoms with Crippen LogP contribution in [-0.2, 0) is 14.9 Å². The van der Waals surface area contributed by atoms with Crippen LogP contribution >= 0.6 is 0 Å². The summed E-state index contributed by atoms with van der Waals surface area (Å²) in [5.74, 6) is 1.16. The summed E-state index contributed by atoms with van der Waals surface area (Å²) in [6.07, 6.45) is 7.43. The first kappa shape index (κ1) is 22.4. The monoisotopic (exact) mass is 414 g/mol. The second kappa shape index (κ2) is 10.2. The lowest BCUT2D eigenvalue weighted by Crippen LogP contribution is -2.40. The molecule has 1 aromatic carbocycles. The highest BCUT2D eigenvalue weighted by Crippen LogP contribution is 2.47. The molecule has 3 rings (SSSR count). The number of esters is 1. The minimum atomic E-state index is -0.634. The Hall–Kier alpha value is -2.26. The molecule has 0 saturated heterocycles. The number of benzene rings is 1. The smallest absolute Gasteiger partial charge is 0.309 e. The van der Waals surface area contributed by atoms with Crippen LogP contribution in [0.1, 0.15) is 63.9 Å². The van der Waals surface area contributed by atoms with Crippen molar-refractivity contribution in [2.24, 2.45) is 17.6 Å². The Kier molecular flexibility index (Phi) is 7.60. The Bertz CT molecular complexity index is 769. The van der Waals surface area contributed by atoms with E-state index in [4.69, 9.17) is 19.9 Å². The Morgan fingerprint density at radius 2 is 2.03 bits per heavy atom. The van der Waals surface area contributed by atoms with E-state index in [1.165, 1.54) is 12.8 Å². The quantitative estimate of drug-likeness (QED) is 0.644. The number of hydrogen-bond donors (Lipinski definition) is 1. The third kappa shape index (κ3) is 4.73. The summed E-state index contributed by atoms with van der Waals surface area (Å²) in [6, 6.07) is 8.46. The molecule has 2 saturated carbocycles. The van der Waals surface area contributed by atoms with Crippen LogP contribution in [-0.4, -0.2) is 32.3 Å². The van der Waals surface area contributed by atoms with Crippen LogP contribution in [0.25, 0.3) is 0 Å². The number of ether oxygens (including phenoxy) is 3. The average Bonchev–Trinajstić information content (AvgIpc) is 3.30. The number of carbonyl (C=O) groups is 1. The Morgan fingerprint density at radius 1 is 1.27 bits per heavy atom. The van der Waals surface area contributed by atoms with E-state index in [1.807, 2.05) is 18.2 Å². The molecule has 0 radical (unpaired) electrons. The van der Waals surface area contributed by atoms with Gasteiger partial charge in [-0.25, -0.2) is 0 Å². The van der Waals surface area contributed by atoms with Gasteiger partial charge in [-0.15, -0.1) is 0 Å². The predicted molar refractivity (Wildman–Crippen MR) is 114 cm³/mol. The zero-order valence-electron chi connectivity index (χ0n) is 18.2. The van der Waals surface area contributed by atoms with E-state index in [-0.39, 0.29) is 30.5 Å². The van der Waals surface area contributed by atoms with Crippen molar-refractivity contribution in [3.05, 3.63) is 23.8 Å². The first-order valence-corrected chi connectivity index (χ1v) is 11.2. The van der Waals surface area contributed by atoms with Gasteiger partial charge in [0.1, 0.15) is 6.61 Å². The van der Waals surface area contributed by atoms with Gasteiger partial charge in [0.05, 0.1) is 30.6 Å². The van der Waals surface area contributed by atoms with Gasteiger partial charge in [0.2, 0.25) is 0 Å². The molecule has 30 heavy (non-hydrogen) atoms. The van der Waals surface area contributed by atoms with Gasteiger partial charge in [0, 0.05) is 6.54 Å². The van der Waals surface area contributed by atoms with Crippen molar-refractivity contribution >= 4 is 5.97 Å². The molecule has 3 atom stereocenters. The zero-order chi connectivity index (χ0) is 21.6. The van der Waals surface area contributed by atoms with Gasteiger partial charge in [0.25, 0.3) is 0 Å². The third-order valence-corrected chi connectivity index (χ3v) is 6.78. The topological polar surface area (TPSA) is 94.6 Å². The number of carbonyl (C=O) groups excluding carboxylic acids is 1. The maximum Gasteiger partial charge on any atom is 0.309 e. The maximum atomic E-state index is 12.5. The zero-order valence-corrected chi connectivity index (χ0v) is 18.2. The second-order valence-electron chi connectivity index (χ2n) is 8.56. The largest absolute Gasteiger partial charge is 0.493 e. The fourth-order valence-electron chi connectivity index (χ4n) is 5.02. The van der Waals surface area contributed by atoms with Crippen LogP contribution in [0.2, 0.25) is 0 Å². The van der Waals surface area contributed by atoms with E-state index in [9.17, 15) is 10.1 Å². The number of nitrogens with two attached hydrogens (primary N) is 1. The summed E-state index contributed by atoms with van der Waals surface area (Å²) < 4.78 is 17.1. The molecule has 2 aliphatic rings. The van der Waals surface area contributed by atoms with E-state index in [2.05, 4.69) is 13.0 Å². The lowest BCUT2D eigenvalue weighted by Gasteiger charge is -2.40. The molecule has 0 bridgehead atoms. The van der Waals surface area contributed by atoms with E-state index in [0.717, 1.165) is 24.8 Å². The van der Waals surface area contributed by atoms with Crippen molar-refractivity contribution in [3.8, 4) is 17.6 Å². The average molecular weight is 415 g/mol. The molecule has 1 aromatic rings. The highest BCUT2D eigenvalue weighted by atomic mass is 16.5. The van der Waals surface area contributed by atoms with Crippen molar-refractivity contribution in [3.63, 3.8) is 0 Å². The van der Waals surface area contributed by atoms with Gasteiger partial charge >= 0.3 is 5.97 Å². The van der Waals surface area contributed by atoms with Crippen molar-refractivity contribution < 1.29 is 19.0 Å². The summed E-state index contributed by atoms with van der Waals surface area (Å²) in [5.41, 5.74) is 5.78. The van der Waals surface area contributed by atoms with Crippen molar-refractivity contribution in [1.82, 2.24) is 0 Å². The van der Waals surface area contributed by atoms with Gasteiger partial charge in [0.15, 0.2) is 11.5 Å². The molecule has 0 amide bonds. The number of nitriles is 1. The molecule has 3 unspecified atom stereocenters. The molecule has 6 nitrogen and oxygen atoms in total. The van der Waals surface area contributed by atoms with E-state index >= 15 is 0 Å². The summed E-state index contributed by atoms with van der Waals surface area (Å²) >= 11 is 0. The lowest BCUT2D eigenvalue weighted by molar-refractivity contribution is -0.152. The van der Waals surface area contributed by atoms with Gasteiger partial charge < -0.3 is 19.9 Å². The molecule has 0 aromatic heterocycles. The van der Waals surface area contributed by atoms with Crippen molar-refractivity contribution in [2.45, 2.75) is 69.8 Å². The second-order valence-corrected chi connectivity index (χ2v) is 8.56. The van der Waals surface area contributed by atoms with Crippen LogP contribution in [0.3, 0.4) is 0 Å². The molecule has 164 valence electrons. The molecule has 2 aliphatic carbocycles. The van der Waals surface area contributed by atoms with Crippen LogP contribution in [0, 0.1) is 23.2 Å². The number of methoxy groups -OCH3 is 1. The molecule has 2 N–H and O–H groups in total. The fraction of sp³-hybridized carbons (Fsp3) is 0.667. The molecular weight excluding hydrogens is 380 g/mol. The predicted octanol–water partition coefficient (Wildman–Crippen LogP) is 4.11. The number of rotatable bonds is 8. The summed E-state index contributed by atoms with van der Waals surface area (Å²) in [7, 11) is 1.64. The van der Waals surface area contributed by atoms with E-state index in [0.29, 0.717) is 37.3 Å². The summed E-state index contributed by atoms with van der Waals surface area (Å²) in [4.78, 5) is 12.5. The van der Waals surface area contributed by atoms with Gasteiger partial charge in [-0.1, -0.05) is 19.4 Å². The summed E-state index contributed by atoms with van der Waals surface area (Å²) in [6.45, 7) is 2.65. The van der Waals surface area contributed by atoms with Gasteiger partial charge in [-0.2, -0.15) is 5.26 Å². The third-order valence-electron chi connectivity index (χ3n) is 6.78. The Balaban J connectivity index is 1.84. The SMILES string of the molecule is CCC1CC(C#N)(c2ccc(OC)c(OC3CCCC3)c2)CCC1C(=O)OCCN. The van der Waals surface area contributed by atoms with Crippen LogP contribution < -0.4 is 15.2 Å². The molecule has 0 aliphatic heterocycles. The highest BCUT2D eigenvalue weighted by Gasteiger charge is 2.45. The standard InChI is InChI=1S/C24H34N2O4/c1-3-17-15-24(16-26,11-10-20(17)23(27)29-13-12-25)18-8-9-21(28-2)22(14-18)30-19-6-4-5-7-19/h8-9,14,17,19-20H,3-7,10-13,15,25H2,1-2H3. The Labute approximate surface area is 179 Å². The van der Waals surface area contributed by atoms with E-state index in [1.54, 1.807) is 7.11 Å². The first-order chi connectivity index (χ1) is 14.6. The molecule has 6 heteroatoms. The highest BCUT2D eigenvalue weighted by molar-refractivity contribution is 5.73.